The molecule has 17 heavy (non-hydrogen) atoms. The molecule has 0 saturated carbocycles. The van der Waals surface area contributed by atoms with Gasteiger partial charge in [-0.05, 0) is 37.8 Å². The lowest BCUT2D eigenvalue weighted by molar-refractivity contribution is 0.240. The molecule has 0 amide bonds. The number of nitrogens with two attached hydrogens (primary N) is 1. The zero-order valence-electron chi connectivity index (χ0n) is 11.3. The van der Waals surface area contributed by atoms with Crippen LogP contribution in [0.1, 0.15) is 26.7 Å². The average Bonchev–Trinajstić information content (AvgIpc) is 2.70. The molecule has 0 aromatic carbocycles. The van der Waals surface area contributed by atoms with Gasteiger partial charge in [0.15, 0.2) is 0 Å². The van der Waals surface area contributed by atoms with Crippen molar-refractivity contribution in [2.75, 3.05) is 38.6 Å². The summed E-state index contributed by atoms with van der Waals surface area (Å²) in [6.45, 7) is 9.83. The molecule has 0 aromatic rings. The van der Waals surface area contributed by atoms with Crippen LogP contribution in [-0.2, 0) is 0 Å². The van der Waals surface area contributed by atoms with Crippen LogP contribution < -0.4 is 11.1 Å². The van der Waals surface area contributed by atoms with E-state index in [-0.39, 0.29) is 0 Å². The van der Waals surface area contributed by atoms with Gasteiger partial charge in [-0.1, -0.05) is 13.8 Å². The molecule has 1 aliphatic rings. The number of alkyl halides is 1. The van der Waals surface area contributed by atoms with Gasteiger partial charge < -0.3 is 11.1 Å². The third-order valence-corrected chi connectivity index (χ3v) is 3.99. The van der Waals surface area contributed by atoms with Crippen LogP contribution in [0, 0.1) is 11.8 Å². The van der Waals surface area contributed by atoms with Crippen molar-refractivity contribution < 1.29 is 0 Å². The normalized spacial score (nSPS) is 25.9. The Morgan fingerprint density at radius 1 is 1.47 bits per heavy atom. The molecule has 2 atom stereocenters. The Morgan fingerprint density at radius 2 is 2.24 bits per heavy atom. The summed E-state index contributed by atoms with van der Waals surface area (Å²) in [5.41, 5.74) is 5.61. The summed E-state index contributed by atoms with van der Waals surface area (Å²) in [4.78, 5) is 2.61. The van der Waals surface area contributed by atoms with Crippen molar-refractivity contribution >= 4 is 11.6 Å². The molecular weight excluding hydrogens is 234 g/mol. The smallest absolute Gasteiger partial charge is 0.0348 e. The van der Waals surface area contributed by atoms with Crippen LogP contribution in [0.4, 0.5) is 0 Å². The number of likely N-dealkylation sites (tertiary alicyclic amines) is 1. The van der Waals surface area contributed by atoms with Gasteiger partial charge in [0.25, 0.3) is 0 Å². The molecular formula is C13H28ClN3. The molecule has 0 bridgehead atoms. The molecule has 0 radical (unpaired) electrons. The lowest BCUT2D eigenvalue weighted by atomic mass is 9.93. The molecule has 102 valence electrons. The van der Waals surface area contributed by atoms with Gasteiger partial charge in [0.1, 0.15) is 0 Å². The monoisotopic (exact) mass is 261 g/mol. The van der Waals surface area contributed by atoms with Crippen LogP contribution in [0.25, 0.3) is 0 Å². The summed E-state index contributed by atoms with van der Waals surface area (Å²) in [5, 5.41) is 3.44. The standard InChI is InChI=1S/C13H28ClN3/c1-11(2)12-8-13(9-16-6-4-14)17(10-12)7-3-5-15/h11-13,16H,3-10,15H2,1-2H3. The molecule has 0 spiro atoms. The van der Waals surface area contributed by atoms with E-state index < -0.39 is 0 Å². The van der Waals surface area contributed by atoms with Gasteiger partial charge in [0.2, 0.25) is 0 Å². The van der Waals surface area contributed by atoms with Crippen LogP contribution >= 0.6 is 11.6 Å². The van der Waals surface area contributed by atoms with Crippen molar-refractivity contribution in [1.82, 2.24) is 10.2 Å². The Labute approximate surface area is 111 Å². The van der Waals surface area contributed by atoms with Crippen LogP contribution in [0.5, 0.6) is 0 Å². The SMILES string of the molecule is CC(C)C1CC(CNCCCl)N(CCCN)C1. The van der Waals surface area contributed by atoms with E-state index in [1.807, 2.05) is 0 Å². The van der Waals surface area contributed by atoms with E-state index in [0.29, 0.717) is 11.9 Å². The maximum Gasteiger partial charge on any atom is 0.0348 e. The number of halogens is 1. The molecule has 4 heteroatoms. The van der Waals surface area contributed by atoms with Crippen LogP contribution in [-0.4, -0.2) is 49.5 Å². The molecule has 3 N–H and O–H groups in total. The van der Waals surface area contributed by atoms with Gasteiger partial charge in [-0.3, -0.25) is 4.90 Å². The van der Waals surface area contributed by atoms with Crippen molar-refractivity contribution in [3.05, 3.63) is 0 Å². The molecule has 0 aliphatic carbocycles. The van der Waals surface area contributed by atoms with E-state index >= 15 is 0 Å². The van der Waals surface area contributed by atoms with Crippen molar-refractivity contribution in [2.45, 2.75) is 32.7 Å². The highest BCUT2D eigenvalue weighted by Crippen LogP contribution is 2.28. The predicted octanol–water partition coefficient (Wildman–Crippen LogP) is 1.51. The zero-order valence-corrected chi connectivity index (χ0v) is 12.0. The molecule has 2 unspecified atom stereocenters. The van der Waals surface area contributed by atoms with Crippen molar-refractivity contribution in [3.63, 3.8) is 0 Å². The number of hydrogen-bond acceptors (Lipinski definition) is 3. The van der Waals surface area contributed by atoms with Gasteiger partial charge >= 0.3 is 0 Å². The van der Waals surface area contributed by atoms with Gasteiger partial charge in [-0.25, -0.2) is 0 Å². The summed E-state index contributed by atoms with van der Waals surface area (Å²) in [6, 6.07) is 0.678. The number of hydrogen-bond donors (Lipinski definition) is 2. The third kappa shape index (κ3) is 5.12. The highest BCUT2D eigenvalue weighted by Gasteiger charge is 2.32. The van der Waals surface area contributed by atoms with E-state index in [1.54, 1.807) is 0 Å². The quantitative estimate of drug-likeness (QED) is 0.514. The number of rotatable bonds is 8. The highest BCUT2D eigenvalue weighted by atomic mass is 35.5. The highest BCUT2D eigenvalue weighted by molar-refractivity contribution is 6.18. The second-order valence-corrected chi connectivity index (χ2v) is 5.80. The Bertz CT molecular complexity index is 199. The Kier molecular flexibility index (Phi) is 7.44. The fraction of sp³-hybridized carbons (Fsp3) is 1.00. The van der Waals surface area contributed by atoms with Gasteiger partial charge in [0.05, 0.1) is 0 Å². The first-order valence-corrected chi connectivity index (χ1v) is 7.43. The number of nitrogens with one attached hydrogen (secondary N) is 1. The average molecular weight is 262 g/mol. The molecule has 1 rings (SSSR count). The second-order valence-electron chi connectivity index (χ2n) is 5.42. The summed E-state index contributed by atoms with van der Waals surface area (Å²) in [7, 11) is 0. The second kappa shape index (κ2) is 8.30. The molecule has 1 heterocycles. The lowest BCUT2D eigenvalue weighted by Gasteiger charge is -2.24. The molecule has 1 aliphatic heterocycles. The van der Waals surface area contributed by atoms with Gasteiger partial charge in [0, 0.05) is 31.6 Å². The van der Waals surface area contributed by atoms with E-state index in [0.717, 1.165) is 44.4 Å². The van der Waals surface area contributed by atoms with Crippen molar-refractivity contribution in [1.29, 1.82) is 0 Å². The van der Waals surface area contributed by atoms with E-state index in [1.165, 1.54) is 13.0 Å². The molecule has 1 saturated heterocycles. The Balaban J connectivity index is 2.39. The largest absolute Gasteiger partial charge is 0.330 e. The minimum Gasteiger partial charge on any atom is -0.330 e. The lowest BCUT2D eigenvalue weighted by Crippen LogP contribution is -2.39. The fourth-order valence-electron chi connectivity index (χ4n) is 2.62. The number of nitrogens with zero attached hydrogens (tertiary/aromatic N) is 1. The first-order valence-electron chi connectivity index (χ1n) is 6.89. The minimum atomic E-state index is 0.678. The van der Waals surface area contributed by atoms with Crippen LogP contribution in [0.15, 0.2) is 0 Å². The summed E-state index contributed by atoms with van der Waals surface area (Å²) in [6.07, 6.45) is 2.42. The van der Waals surface area contributed by atoms with E-state index in [9.17, 15) is 0 Å². The predicted molar refractivity (Wildman–Crippen MR) is 75.6 cm³/mol. The van der Waals surface area contributed by atoms with E-state index in [2.05, 4.69) is 24.1 Å². The van der Waals surface area contributed by atoms with Crippen molar-refractivity contribution in [3.8, 4) is 0 Å². The Morgan fingerprint density at radius 3 is 2.82 bits per heavy atom. The third-order valence-electron chi connectivity index (χ3n) is 3.80. The minimum absolute atomic E-state index is 0.678. The fourth-order valence-corrected chi connectivity index (χ4v) is 2.76. The topological polar surface area (TPSA) is 41.3 Å². The molecule has 3 nitrogen and oxygen atoms in total. The Hall–Kier alpha value is 0.170. The van der Waals surface area contributed by atoms with Crippen LogP contribution in [0.3, 0.4) is 0 Å². The molecule has 1 fully saturated rings. The first-order chi connectivity index (χ1) is 8.19. The maximum atomic E-state index is 5.69. The zero-order chi connectivity index (χ0) is 12.7. The summed E-state index contributed by atoms with van der Waals surface area (Å²) < 4.78 is 0. The van der Waals surface area contributed by atoms with Crippen molar-refractivity contribution in [2.24, 2.45) is 17.6 Å². The van der Waals surface area contributed by atoms with Crippen LogP contribution in [0.2, 0.25) is 0 Å². The van der Waals surface area contributed by atoms with Gasteiger partial charge in [-0.15, -0.1) is 11.6 Å². The summed E-state index contributed by atoms with van der Waals surface area (Å²) >= 11 is 5.69. The maximum absolute atomic E-state index is 5.69. The van der Waals surface area contributed by atoms with Gasteiger partial charge in [-0.2, -0.15) is 0 Å². The molecule has 0 aromatic heterocycles. The first kappa shape index (κ1) is 15.2. The summed E-state index contributed by atoms with van der Waals surface area (Å²) in [5.74, 6) is 2.33. The van der Waals surface area contributed by atoms with E-state index in [4.69, 9.17) is 17.3 Å².